The number of thioether (sulfide) groups is 1. The number of ketones is 1. The van der Waals surface area contributed by atoms with Crippen LogP contribution in [0.25, 0.3) is 16.8 Å². The van der Waals surface area contributed by atoms with Crippen LogP contribution in [0, 0.1) is 13.8 Å². The lowest BCUT2D eigenvalue weighted by molar-refractivity contribution is 0.101. The number of fused-ring (bicyclic) bond motifs is 1. The number of nitrogens with zero attached hydrogens (tertiary/aromatic N) is 3. The maximum Gasteiger partial charge on any atom is 0.176 e. The van der Waals surface area contributed by atoms with Crippen molar-refractivity contribution >= 4 is 23.2 Å². The van der Waals surface area contributed by atoms with Crippen molar-refractivity contribution in [2.24, 2.45) is 0 Å². The highest BCUT2D eigenvalue weighted by Crippen LogP contribution is 2.34. The molecule has 186 valence electrons. The Balaban J connectivity index is 1.60. The zero-order chi connectivity index (χ0) is 25.8. The van der Waals surface area contributed by atoms with E-state index in [1.54, 1.807) is 0 Å². The summed E-state index contributed by atoms with van der Waals surface area (Å²) in [5, 5.41) is 5.87. The van der Waals surface area contributed by atoms with E-state index in [2.05, 4.69) is 24.3 Å². The van der Waals surface area contributed by atoms with E-state index in [1.165, 1.54) is 17.3 Å². The average molecular weight is 508 g/mol. The molecule has 5 aromatic rings. The number of benzene rings is 3. The summed E-state index contributed by atoms with van der Waals surface area (Å²) >= 11 is 1.51. The molecule has 0 radical (unpaired) electrons. The van der Waals surface area contributed by atoms with Crippen molar-refractivity contribution in [3.63, 3.8) is 0 Å². The van der Waals surface area contributed by atoms with Gasteiger partial charge in [0.25, 0.3) is 0 Å². The molecule has 0 aliphatic carbocycles. The number of carbonyl (C=O) groups is 1. The topological polar surface area (TPSA) is 56.5 Å². The number of carbonyl (C=O) groups excluding carboxylic acids is 1. The number of para-hydroxylation sites is 1. The van der Waals surface area contributed by atoms with Gasteiger partial charge in [0.15, 0.2) is 11.4 Å². The zero-order valence-electron chi connectivity index (χ0n) is 21.3. The molecule has 37 heavy (non-hydrogen) atoms. The largest absolute Gasteiger partial charge is 0.493 e. The highest BCUT2D eigenvalue weighted by Gasteiger charge is 2.22. The van der Waals surface area contributed by atoms with Crippen LogP contribution in [0.15, 0.2) is 90.0 Å². The van der Waals surface area contributed by atoms with E-state index in [0.717, 1.165) is 38.8 Å². The molecule has 6 heteroatoms. The molecule has 5 nitrogen and oxygen atoms in total. The molecule has 0 saturated carbocycles. The van der Waals surface area contributed by atoms with Crippen molar-refractivity contribution in [1.29, 1.82) is 0 Å². The van der Waals surface area contributed by atoms with Crippen molar-refractivity contribution in [2.45, 2.75) is 32.2 Å². The number of hydrogen-bond acceptors (Lipinski definition) is 5. The Kier molecular flexibility index (Phi) is 7.37. The van der Waals surface area contributed by atoms with Crippen LogP contribution in [-0.2, 0) is 6.42 Å². The van der Waals surface area contributed by atoms with Crippen LogP contribution in [-0.4, -0.2) is 32.7 Å². The van der Waals surface area contributed by atoms with Crippen LogP contribution in [0.1, 0.15) is 39.8 Å². The maximum absolute atomic E-state index is 13.4. The van der Waals surface area contributed by atoms with Crippen LogP contribution < -0.4 is 4.74 Å². The van der Waals surface area contributed by atoms with Gasteiger partial charge in [0.1, 0.15) is 10.8 Å². The van der Waals surface area contributed by atoms with E-state index in [-0.39, 0.29) is 11.5 Å². The fourth-order valence-electron chi connectivity index (χ4n) is 4.55. The fraction of sp³-hybridized carbons (Fsp3) is 0.194. The minimum absolute atomic E-state index is 0.0227. The Morgan fingerprint density at radius 3 is 2.30 bits per heavy atom. The van der Waals surface area contributed by atoms with Gasteiger partial charge < -0.3 is 4.74 Å². The van der Waals surface area contributed by atoms with Gasteiger partial charge in [-0.25, -0.2) is 9.50 Å². The van der Waals surface area contributed by atoms with Crippen molar-refractivity contribution < 1.29 is 9.53 Å². The first kappa shape index (κ1) is 24.8. The average Bonchev–Trinajstić information content (AvgIpc) is 3.25. The molecule has 0 fully saturated rings. The molecule has 0 aliphatic heterocycles. The van der Waals surface area contributed by atoms with Crippen molar-refractivity contribution in [3.05, 3.63) is 113 Å². The third kappa shape index (κ3) is 5.16. The standard InChI is InChI=1S/C31H29N3O2S/c1-4-36-28-18-12-11-17-25(28)27(35)20-37-31-26(19-23-13-7-5-8-14-23)21(2)32-30-29(22(3)33-34(30)31)24-15-9-6-10-16-24/h5-18H,4,19-20H2,1-3H3. The second-order valence-corrected chi connectivity index (χ2v) is 9.81. The Morgan fingerprint density at radius 2 is 1.57 bits per heavy atom. The number of aromatic nitrogens is 3. The lowest BCUT2D eigenvalue weighted by Crippen LogP contribution is -2.10. The Bertz CT molecular complexity index is 1550. The summed E-state index contributed by atoms with van der Waals surface area (Å²) in [4.78, 5) is 18.4. The Labute approximate surface area is 221 Å². The van der Waals surface area contributed by atoms with E-state index in [4.69, 9.17) is 14.8 Å². The van der Waals surface area contributed by atoms with E-state index in [9.17, 15) is 4.79 Å². The summed E-state index contributed by atoms with van der Waals surface area (Å²) < 4.78 is 7.64. The quantitative estimate of drug-likeness (QED) is 0.122. The van der Waals surface area contributed by atoms with Gasteiger partial charge in [-0.15, -0.1) is 0 Å². The lowest BCUT2D eigenvalue weighted by Gasteiger charge is -2.15. The van der Waals surface area contributed by atoms with Crippen molar-refractivity contribution in [1.82, 2.24) is 14.6 Å². The van der Waals surface area contributed by atoms with Gasteiger partial charge in [-0.2, -0.15) is 5.10 Å². The number of hydrogen-bond donors (Lipinski definition) is 0. The predicted octanol–water partition coefficient (Wildman–Crippen LogP) is 6.98. The molecule has 0 N–H and O–H groups in total. The Hall–Kier alpha value is -3.90. The molecule has 0 unspecified atom stereocenters. The molecular formula is C31H29N3O2S. The lowest BCUT2D eigenvalue weighted by atomic mass is 10.0. The normalized spacial score (nSPS) is 11.1. The monoisotopic (exact) mass is 507 g/mol. The predicted molar refractivity (Wildman–Crippen MR) is 150 cm³/mol. The highest BCUT2D eigenvalue weighted by atomic mass is 32.2. The Morgan fingerprint density at radius 1 is 0.892 bits per heavy atom. The molecule has 3 aromatic carbocycles. The minimum Gasteiger partial charge on any atom is -0.493 e. The van der Waals surface area contributed by atoms with E-state index < -0.39 is 0 Å². The molecule has 0 bridgehead atoms. The molecular weight excluding hydrogens is 478 g/mol. The summed E-state index contributed by atoms with van der Waals surface area (Å²) in [5.41, 5.74) is 7.63. The van der Waals surface area contributed by atoms with E-state index >= 15 is 0 Å². The number of Topliss-reactive ketones (excluding diaryl/α,β-unsaturated/α-hetero) is 1. The van der Waals surface area contributed by atoms with Crippen molar-refractivity contribution in [2.75, 3.05) is 12.4 Å². The molecule has 0 amide bonds. The molecule has 0 aliphatic rings. The van der Waals surface area contributed by atoms with Gasteiger partial charge in [0.05, 0.1) is 23.6 Å². The number of aryl methyl sites for hydroxylation is 2. The van der Waals surface area contributed by atoms with Crippen molar-refractivity contribution in [3.8, 4) is 16.9 Å². The third-order valence-corrected chi connectivity index (χ3v) is 7.41. The summed E-state index contributed by atoms with van der Waals surface area (Å²) in [6.45, 7) is 6.50. The molecule has 0 spiro atoms. The summed E-state index contributed by atoms with van der Waals surface area (Å²) in [6, 6.07) is 28.0. The molecule has 2 heterocycles. The first-order chi connectivity index (χ1) is 18.1. The van der Waals surface area contributed by atoms with Gasteiger partial charge in [0.2, 0.25) is 0 Å². The number of ether oxygens (including phenoxy) is 1. The van der Waals surface area contributed by atoms with Crippen LogP contribution in [0.3, 0.4) is 0 Å². The van der Waals surface area contributed by atoms with Gasteiger partial charge in [0, 0.05) is 23.2 Å². The van der Waals surface area contributed by atoms with Gasteiger partial charge in [-0.1, -0.05) is 84.6 Å². The molecule has 5 rings (SSSR count). The van der Waals surface area contributed by atoms with Crippen LogP contribution in [0.2, 0.25) is 0 Å². The summed E-state index contributed by atoms with van der Waals surface area (Å²) in [5.74, 6) is 0.913. The molecule has 0 saturated heterocycles. The molecule has 0 atom stereocenters. The highest BCUT2D eigenvalue weighted by molar-refractivity contribution is 8.00. The summed E-state index contributed by atoms with van der Waals surface area (Å²) in [6.07, 6.45) is 0.710. The van der Waals surface area contributed by atoms with Gasteiger partial charge >= 0.3 is 0 Å². The fourth-order valence-corrected chi connectivity index (χ4v) is 5.62. The minimum atomic E-state index is 0.0227. The van der Waals surface area contributed by atoms with Crippen LogP contribution in [0.4, 0.5) is 0 Å². The summed E-state index contributed by atoms with van der Waals surface area (Å²) in [7, 11) is 0. The van der Waals surface area contributed by atoms with Gasteiger partial charge in [-0.3, -0.25) is 4.79 Å². The number of rotatable bonds is 9. The SMILES string of the molecule is CCOc1ccccc1C(=O)CSc1c(Cc2ccccc2)c(C)nc2c(-c3ccccc3)c(C)nn12. The van der Waals surface area contributed by atoms with Crippen LogP contribution in [0.5, 0.6) is 5.75 Å². The second kappa shape index (κ2) is 11.0. The van der Waals surface area contributed by atoms with Crippen LogP contribution >= 0.6 is 11.8 Å². The van der Waals surface area contributed by atoms with Gasteiger partial charge in [-0.05, 0) is 44.0 Å². The first-order valence-corrected chi connectivity index (χ1v) is 13.4. The smallest absolute Gasteiger partial charge is 0.176 e. The zero-order valence-corrected chi connectivity index (χ0v) is 22.1. The maximum atomic E-state index is 13.4. The van der Waals surface area contributed by atoms with E-state index in [1.807, 2.05) is 86.0 Å². The third-order valence-electron chi connectivity index (χ3n) is 6.31. The first-order valence-electron chi connectivity index (χ1n) is 12.4. The second-order valence-electron chi connectivity index (χ2n) is 8.85. The van der Waals surface area contributed by atoms with E-state index in [0.29, 0.717) is 24.3 Å². The molecule has 2 aromatic heterocycles.